The number of carbonyl (C=O) groups is 1. The predicted molar refractivity (Wildman–Crippen MR) is 111 cm³/mol. The third kappa shape index (κ3) is 5.08. The van der Waals surface area contributed by atoms with Crippen molar-refractivity contribution in [1.82, 2.24) is 10.3 Å². The van der Waals surface area contributed by atoms with E-state index in [9.17, 15) is 18.0 Å². The number of thioether (sulfide) groups is 1. The van der Waals surface area contributed by atoms with Gasteiger partial charge < -0.3 is 14.8 Å². The number of rotatable bonds is 6. The molecular formula is C22H23F3N2O3S. The van der Waals surface area contributed by atoms with Gasteiger partial charge in [-0.05, 0) is 42.7 Å². The molecule has 5 nitrogen and oxygen atoms in total. The van der Waals surface area contributed by atoms with E-state index >= 15 is 0 Å². The maximum Gasteiger partial charge on any atom is 0.417 e. The van der Waals surface area contributed by atoms with E-state index in [1.807, 2.05) is 18.2 Å². The molecule has 4 rings (SSSR count). The van der Waals surface area contributed by atoms with Gasteiger partial charge in [-0.2, -0.15) is 13.2 Å². The summed E-state index contributed by atoms with van der Waals surface area (Å²) in [5.41, 5.74) is 0.179. The van der Waals surface area contributed by atoms with Crippen molar-refractivity contribution in [2.75, 3.05) is 25.5 Å². The van der Waals surface area contributed by atoms with Gasteiger partial charge in [0.05, 0.1) is 16.3 Å². The van der Waals surface area contributed by atoms with Crippen LogP contribution in [-0.2, 0) is 16.4 Å². The monoisotopic (exact) mass is 452 g/mol. The molecule has 0 atom stereocenters. The minimum absolute atomic E-state index is 0.0928. The minimum Gasteiger partial charge on any atom is -0.486 e. The second kappa shape index (κ2) is 8.98. The number of aromatic nitrogens is 1. The Labute approximate surface area is 182 Å². The van der Waals surface area contributed by atoms with Gasteiger partial charge in [-0.25, -0.2) is 4.98 Å². The SMILES string of the molecule is O=C(CSc1ccc(C(F)(F)F)cn1)NCC1(c2ccc3c(c2)OCCO3)CCCC1. The van der Waals surface area contributed by atoms with Crippen LogP contribution in [0.3, 0.4) is 0 Å². The molecule has 2 heterocycles. The smallest absolute Gasteiger partial charge is 0.417 e. The number of halogens is 3. The number of amides is 1. The van der Waals surface area contributed by atoms with Crippen LogP contribution >= 0.6 is 11.8 Å². The highest BCUT2D eigenvalue weighted by Crippen LogP contribution is 2.43. The number of hydrogen-bond donors (Lipinski definition) is 1. The predicted octanol–water partition coefficient (Wildman–Crippen LogP) is 4.59. The normalized spacial score (nSPS) is 17.4. The molecule has 1 aromatic carbocycles. The largest absolute Gasteiger partial charge is 0.486 e. The molecule has 166 valence electrons. The van der Waals surface area contributed by atoms with E-state index in [0.717, 1.165) is 66.8 Å². The number of benzene rings is 1. The van der Waals surface area contributed by atoms with Crippen molar-refractivity contribution in [3.63, 3.8) is 0 Å². The number of fused-ring (bicyclic) bond motifs is 1. The van der Waals surface area contributed by atoms with Crippen LogP contribution in [0.4, 0.5) is 13.2 Å². The zero-order valence-corrected chi connectivity index (χ0v) is 17.7. The van der Waals surface area contributed by atoms with E-state index in [-0.39, 0.29) is 17.1 Å². The molecule has 2 aromatic rings. The van der Waals surface area contributed by atoms with Gasteiger partial charge in [-0.15, -0.1) is 0 Å². The molecule has 0 unspecified atom stereocenters. The number of ether oxygens (including phenoxy) is 2. The highest BCUT2D eigenvalue weighted by Gasteiger charge is 2.37. The van der Waals surface area contributed by atoms with Gasteiger partial charge in [0.1, 0.15) is 13.2 Å². The lowest BCUT2D eigenvalue weighted by molar-refractivity contribution is -0.137. The maximum absolute atomic E-state index is 12.6. The summed E-state index contributed by atoms with van der Waals surface area (Å²) in [5.74, 6) is 1.41. The number of nitrogens with zero attached hydrogens (tertiary/aromatic N) is 1. The molecule has 31 heavy (non-hydrogen) atoms. The van der Waals surface area contributed by atoms with E-state index in [1.54, 1.807) is 0 Å². The molecule has 1 aliphatic carbocycles. The van der Waals surface area contributed by atoms with Crippen LogP contribution < -0.4 is 14.8 Å². The highest BCUT2D eigenvalue weighted by molar-refractivity contribution is 7.99. The van der Waals surface area contributed by atoms with Crippen LogP contribution in [0, 0.1) is 0 Å². The standard InChI is InChI=1S/C22H23F3N2O3S/c23-22(24,25)16-4-6-20(26-12-16)31-13-19(28)27-14-21(7-1-2-8-21)15-3-5-17-18(11-15)30-10-9-29-17/h3-6,11-12H,1-2,7-10,13-14H2,(H,27,28). The second-order valence-electron chi connectivity index (χ2n) is 7.79. The summed E-state index contributed by atoms with van der Waals surface area (Å²) in [5, 5.41) is 3.39. The Morgan fingerprint density at radius 2 is 1.84 bits per heavy atom. The number of alkyl halides is 3. The van der Waals surface area contributed by atoms with E-state index < -0.39 is 11.7 Å². The average molecular weight is 452 g/mol. The van der Waals surface area contributed by atoms with Crippen LogP contribution in [0.1, 0.15) is 36.8 Å². The Balaban J connectivity index is 1.36. The van der Waals surface area contributed by atoms with Crippen LogP contribution in [0.5, 0.6) is 11.5 Å². The van der Waals surface area contributed by atoms with Crippen LogP contribution in [-0.4, -0.2) is 36.4 Å². The maximum atomic E-state index is 12.6. The third-order valence-electron chi connectivity index (χ3n) is 5.75. The Morgan fingerprint density at radius 1 is 1.10 bits per heavy atom. The Kier molecular flexibility index (Phi) is 6.31. The fourth-order valence-corrected chi connectivity index (χ4v) is 4.76. The van der Waals surface area contributed by atoms with Gasteiger partial charge in [-0.3, -0.25) is 4.79 Å². The number of pyridine rings is 1. The van der Waals surface area contributed by atoms with Crippen molar-refractivity contribution in [2.24, 2.45) is 0 Å². The summed E-state index contributed by atoms with van der Waals surface area (Å²) >= 11 is 1.12. The first-order valence-corrected chi connectivity index (χ1v) is 11.2. The Hall–Kier alpha value is -2.42. The molecule has 2 aliphatic rings. The van der Waals surface area contributed by atoms with Crippen molar-refractivity contribution in [3.05, 3.63) is 47.7 Å². The van der Waals surface area contributed by atoms with Crippen LogP contribution in [0.2, 0.25) is 0 Å². The van der Waals surface area contributed by atoms with Gasteiger partial charge in [-0.1, -0.05) is 30.7 Å². The zero-order chi connectivity index (χ0) is 21.9. The zero-order valence-electron chi connectivity index (χ0n) is 16.8. The van der Waals surface area contributed by atoms with Gasteiger partial charge in [0.15, 0.2) is 11.5 Å². The van der Waals surface area contributed by atoms with Gasteiger partial charge in [0.25, 0.3) is 0 Å². The quantitative estimate of drug-likeness (QED) is 0.650. The average Bonchev–Trinajstić information content (AvgIpc) is 3.26. The summed E-state index contributed by atoms with van der Waals surface area (Å²) in [4.78, 5) is 16.2. The summed E-state index contributed by atoms with van der Waals surface area (Å²) in [6.07, 6.45) is 0.497. The van der Waals surface area contributed by atoms with E-state index in [0.29, 0.717) is 24.8 Å². The lowest BCUT2D eigenvalue weighted by Gasteiger charge is -2.31. The van der Waals surface area contributed by atoms with Gasteiger partial charge in [0, 0.05) is 18.2 Å². The van der Waals surface area contributed by atoms with E-state index in [1.165, 1.54) is 6.07 Å². The van der Waals surface area contributed by atoms with Gasteiger partial charge >= 0.3 is 6.18 Å². The fraction of sp³-hybridized carbons (Fsp3) is 0.455. The Morgan fingerprint density at radius 3 is 2.52 bits per heavy atom. The molecule has 0 bridgehead atoms. The first-order valence-electron chi connectivity index (χ1n) is 10.2. The second-order valence-corrected chi connectivity index (χ2v) is 8.79. The van der Waals surface area contributed by atoms with Crippen molar-refractivity contribution >= 4 is 17.7 Å². The summed E-state index contributed by atoms with van der Waals surface area (Å²) in [6.45, 7) is 1.57. The van der Waals surface area contributed by atoms with Crippen molar-refractivity contribution in [1.29, 1.82) is 0 Å². The Bertz CT molecular complexity index is 929. The third-order valence-corrected chi connectivity index (χ3v) is 6.70. The molecule has 9 heteroatoms. The molecule has 0 spiro atoms. The van der Waals surface area contributed by atoms with E-state index in [4.69, 9.17) is 9.47 Å². The lowest BCUT2D eigenvalue weighted by atomic mass is 9.78. The van der Waals surface area contributed by atoms with Crippen molar-refractivity contribution in [3.8, 4) is 11.5 Å². The molecule has 0 saturated heterocycles. The highest BCUT2D eigenvalue weighted by atomic mass is 32.2. The lowest BCUT2D eigenvalue weighted by Crippen LogP contribution is -2.39. The fourth-order valence-electron chi connectivity index (χ4n) is 4.08. The van der Waals surface area contributed by atoms with E-state index in [2.05, 4.69) is 10.3 Å². The number of carbonyl (C=O) groups excluding carboxylic acids is 1. The molecular weight excluding hydrogens is 429 g/mol. The number of nitrogens with one attached hydrogen (secondary N) is 1. The van der Waals surface area contributed by atoms with Crippen molar-refractivity contribution in [2.45, 2.75) is 42.3 Å². The minimum atomic E-state index is -4.42. The summed E-state index contributed by atoms with van der Waals surface area (Å²) in [6, 6.07) is 8.26. The molecule has 1 amide bonds. The van der Waals surface area contributed by atoms with Gasteiger partial charge in [0.2, 0.25) is 5.91 Å². The van der Waals surface area contributed by atoms with Crippen LogP contribution in [0.25, 0.3) is 0 Å². The van der Waals surface area contributed by atoms with Crippen molar-refractivity contribution < 1.29 is 27.4 Å². The molecule has 1 aromatic heterocycles. The topological polar surface area (TPSA) is 60.5 Å². The molecule has 1 saturated carbocycles. The molecule has 1 fully saturated rings. The summed E-state index contributed by atoms with van der Waals surface area (Å²) < 4.78 is 49.2. The first-order chi connectivity index (χ1) is 14.9. The number of hydrogen-bond acceptors (Lipinski definition) is 5. The first kappa shape index (κ1) is 21.8. The molecule has 1 aliphatic heterocycles. The molecule has 1 N–H and O–H groups in total. The van der Waals surface area contributed by atoms with Crippen LogP contribution in [0.15, 0.2) is 41.6 Å². The molecule has 0 radical (unpaired) electrons. The summed E-state index contributed by atoms with van der Waals surface area (Å²) in [7, 11) is 0.